The zero-order valence-corrected chi connectivity index (χ0v) is 21.0. The summed E-state index contributed by atoms with van der Waals surface area (Å²) in [6.07, 6.45) is 4.30. The molecular weight excluding hydrogens is 484 g/mol. The lowest BCUT2D eigenvalue weighted by atomic mass is 9.91. The average Bonchev–Trinajstić information content (AvgIpc) is 3.42. The molecule has 0 saturated carbocycles. The Morgan fingerprint density at radius 1 is 1.06 bits per heavy atom. The molecule has 1 aromatic carbocycles. The number of halogens is 1. The lowest BCUT2D eigenvalue weighted by Crippen LogP contribution is -2.44. The fourth-order valence-electron chi connectivity index (χ4n) is 5.13. The van der Waals surface area contributed by atoms with Gasteiger partial charge in [-0.1, -0.05) is 29.8 Å². The Bertz CT molecular complexity index is 1060. The predicted molar refractivity (Wildman–Crippen MR) is 131 cm³/mol. The lowest BCUT2D eigenvalue weighted by Gasteiger charge is -2.35. The van der Waals surface area contributed by atoms with Gasteiger partial charge in [-0.05, 0) is 61.4 Å². The zero-order valence-electron chi connectivity index (χ0n) is 19.4. The molecule has 4 rings (SSSR count). The number of aromatic nitrogens is 1. The fourth-order valence-corrected chi connectivity index (χ4v) is 5.49. The third-order valence-corrected chi connectivity index (χ3v) is 7.10. The molecule has 7 nitrogen and oxygen atoms in total. The molecule has 1 N–H and O–H groups in total. The first kappa shape index (κ1) is 23.5. The van der Waals surface area contributed by atoms with Crippen molar-refractivity contribution >= 4 is 39.3 Å². The van der Waals surface area contributed by atoms with Crippen molar-refractivity contribution in [3.8, 4) is 0 Å². The SMILES string of the molecule is C[C@@H]1C[C@H](C)CN(C(=O)c2cc(Br)ccc2NC(=O)[C@@H]2CCCN2C(=O)c2cccn2C)C1. The Balaban J connectivity index is 1.54. The molecule has 8 heteroatoms. The van der Waals surface area contributed by atoms with E-state index < -0.39 is 6.04 Å². The van der Waals surface area contributed by atoms with Crippen LogP contribution in [0.15, 0.2) is 41.0 Å². The van der Waals surface area contributed by atoms with Crippen molar-refractivity contribution < 1.29 is 14.4 Å². The molecular formula is C25H31BrN4O3. The second-order valence-corrected chi connectivity index (χ2v) is 10.4. The second kappa shape index (κ2) is 9.71. The van der Waals surface area contributed by atoms with E-state index in [1.165, 1.54) is 0 Å². The number of piperidine rings is 1. The maximum absolute atomic E-state index is 13.4. The third kappa shape index (κ3) is 5.00. The van der Waals surface area contributed by atoms with Crippen molar-refractivity contribution in [2.45, 2.75) is 39.2 Å². The molecule has 2 saturated heterocycles. The summed E-state index contributed by atoms with van der Waals surface area (Å²) in [6, 6.07) is 8.36. The minimum absolute atomic E-state index is 0.0758. The van der Waals surface area contributed by atoms with Crippen LogP contribution in [0.2, 0.25) is 0 Å². The van der Waals surface area contributed by atoms with Gasteiger partial charge in [0.2, 0.25) is 5.91 Å². The summed E-state index contributed by atoms with van der Waals surface area (Å²) in [6.45, 7) is 6.29. The zero-order chi connectivity index (χ0) is 23.7. The van der Waals surface area contributed by atoms with Gasteiger partial charge in [0.15, 0.2) is 0 Å². The van der Waals surface area contributed by atoms with Crippen LogP contribution < -0.4 is 5.32 Å². The number of likely N-dealkylation sites (tertiary alicyclic amines) is 2. The van der Waals surface area contributed by atoms with E-state index in [-0.39, 0.29) is 17.7 Å². The van der Waals surface area contributed by atoms with Crippen molar-refractivity contribution in [3.05, 3.63) is 52.3 Å². The van der Waals surface area contributed by atoms with Gasteiger partial charge in [0.05, 0.1) is 11.3 Å². The third-order valence-electron chi connectivity index (χ3n) is 6.61. The van der Waals surface area contributed by atoms with Gasteiger partial charge in [0, 0.05) is 37.4 Å². The molecule has 2 aliphatic heterocycles. The predicted octanol–water partition coefficient (Wildman–Crippen LogP) is 4.15. The van der Waals surface area contributed by atoms with Gasteiger partial charge in [0.25, 0.3) is 11.8 Å². The van der Waals surface area contributed by atoms with E-state index in [4.69, 9.17) is 0 Å². The quantitative estimate of drug-likeness (QED) is 0.665. The van der Waals surface area contributed by atoms with E-state index in [2.05, 4.69) is 35.1 Å². The average molecular weight is 515 g/mol. The molecule has 0 aliphatic carbocycles. The molecule has 0 radical (unpaired) electrons. The van der Waals surface area contributed by atoms with Crippen LogP contribution in [0.5, 0.6) is 0 Å². The number of carbonyl (C=O) groups is 3. The summed E-state index contributed by atoms with van der Waals surface area (Å²) in [5.74, 6) is 0.403. The van der Waals surface area contributed by atoms with E-state index in [0.717, 1.165) is 17.3 Å². The second-order valence-electron chi connectivity index (χ2n) is 9.50. The smallest absolute Gasteiger partial charge is 0.271 e. The fraction of sp³-hybridized carbons (Fsp3) is 0.480. The maximum Gasteiger partial charge on any atom is 0.271 e. The normalized spacial score (nSPS) is 23.0. The topological polar surface area (TPSA) is 74.7 Å². The number of rotatable bonds is 4. The van der Waals surface area contributed by atoms with E-state index in [1.807, 2.05) is 30.3 Å². The van der Waals surface area contributed by atoms with Crippen molar-refractivity contribution in [2.75, 3.05) is 25.0 Å². The van der Waals surface area contributed by atoms with Gasteiger partial charge in [-0.15, -0.1) is 0 Å². The van der Waals surface area contributed by atoms with Crippen LogP contribution in [0.3, 0.4) is 0 Å². The monoisotopic (exact) mass is 514 g/mol. The first-order valence-electron chi connectivity index (χ1n) is 11.6. The standard InChI is InChI=1S/C25H31BrN4O3/c1-16-12-17(2)15-29(14-16)24(32)19-13-18(26)8-9-20(19)27-23(31)21-6-5-11-30(21)25(33)22-7-4-10-28(22)3/h4,7-10,13,16-17,21H,5-6,11-12,14-15H2,1-3H3,(H,27,31)/t16-,17+,21-/m0/s1. The minimum atomic E-state index is -0.561. The lowest BCUT2D eigenvalue weighted by molar-refractivity contribution is -0.119. The van der Waals surface area contributed by atoms with Crippen molar-refractivity contribution in [1.29, 1.82) is 0 Å². The number of hydrogen-bond donors (Lipinski definition) is 1. The highest BCUT2D eigenvalue weighted by Crippen LogP contribution is 2.28. The van der Waals surface area contributed by atoms with Crippen LogP contribution in [0.4, 0.5) is 5.69 Å². The molecule has 2 aromatic rings. The van der Waals surface area contributed by atoms with Gasteiger partial charge in [-0.2, -0.15) is 0 Å². The number of anilines is 1. The van der Waals surface area contributed by atoms with Crippen LogP contribution >= 0.6 is 15.9 Å². The summed E-state index contributed by atoms with van der Waals surface area (Å²) in [7, 11) is 1.82. The molecule has 3 atom stereocenters. The Hall–Kier alpha value is -2.61. The van der Waals surface area contributed by atoms with Crippen LogP contribution in [-0.4, -0.2) is 57.8 Å². The highest BCUT2D eigenvalue weighted by atomic mass is 79.9. The van der Waals surface area contributed by atoms with Gasteiger partial charge in [-0.25, -0.2) is 0 Å². The molecule has 33 heavy (non-hydrogen) atoms. The Labute approximate surface area is 203 Å². The van der Waals surface area contributed by atoms with Gasteiger partial charge in [0.1, 0.15) is 11.7 Å². The van der Waals surface area contributed by atoms with Crippen LogP contribution in [0, 0.1) is 11.8 Å². The summed E-state index contributed by atoms with van der Waals surface area (Å²) in [5.41, 5.74) is 1.51. The van der Waals surface area contributed by atoms with Crippen molar-refractivity contribution in [1.82, 2.24) is 14.4 Å². The summed E-state index contributed by atoms with van der Waals surface area (Å²) >= 11 is 3.46. The number of hydrogen-bond acceptors (Lipinski definition) is 3. The first-order valence-corrected chi connectivity index (χ1v) is 12.4. The maximum atomic E-state index is 13.4. The molecule has 2 aliphatic rings. The number of benzene rings is 1. The highest BCUT2D eigenvalue weighted by Gasteiger charge is 2.36. The molecule has 176 valence electrons. The number of carbonyl (C=O) groups excluding carboxylic acids is 3. The van der Waals surface area contributed by atoms with E-state index in [0.29, 0.717) is 54.8 Å². The number of nitrogens with zero attached hydrogens (tertiary/aromatic N) is 3. The molecule has 3 heterocycles. The Morgan fingerprint density at radius 2 is 1.79 bits per heavy atom. The van der Waals surface area contributed by atoms with Crippen molar-refractivity contribution in [2.24, 2.45) is 18.9 Å². The number of amides is 3. The van der Waals surface area contributed by atoms with Gasteiger partial charge < -0.3 is 19.7 Å². The molecule has 1 aromatic heterocycles. The number of nitrogens with one attached hydrogen (secondary N) is 1. The van der Waals surface area contributed by atoms with Crippen LogP contribution in [0.1, 0.15) is 54.0 Å². The Kier molecular flexibility index (Phi) is 6.93. The summed E-state index contributed by atoms with van der Waals surface area (Å²) in [5, 5.41) is 2.96. The first-order chi connectivity index (χ1) is 15.7. The van der Waals surface area contributed by atoms with Crippen molar-refractivity contribution in [3.63, 3.8) is 0 Å². The highest BCUT2D eigenvalue weighted by molar-refractivity contribution is 9.10. The van der Waals surface area contributed by atoms with E-state index in [1.54, 1.807) is 27.7 Å². The molecule has 2 fully saturated rings. The van der Waals surface area contributed by atoms with Crippen LogP contribution in [-0.2, 0) is 11.8 Å². The largest absolute Gasteiger partial charge is 0.347 e. The van der Waals surface area contributed by atoms with Gasteiger partial charge in [-0.3, -0.25) is 14.4 Å². The van der Waals surface area contributed by atoms with E-state index >= 15 is 0 Å². The minimum Gasteiger partial charge on any atom is -0.347 e. The Morgan fingerprint density at radius 3 is 2.45 bits per heavy atom. The van der Waals surface area contributed by atoms with Crippen LogP contribution in [0.25, 0.3) is 0 Å². The molecule has 3 amide bonds. The molecule has 0 unspecified atom stereocenters. The molecule has 0 spiro atoms. The summed E-state index contributed by atoms with van der Waals surface area (Å²) in [4.78, 5) is 43.3. The molecule has 0 bridgehead atoms. The van der Waals surface area contributed by atoms with E-state index in [9.17, 15) is 14.4 Å². The number of aryl methyl sites for hydroxylation is 1. The van der Waals surface area contributed by atoms with Gasteiger partial charge >= 0.3 is 0 Å². The summed E-state index contributed by atoms with van der Waals surface area (Å²) < 4.78 is 2.55.